The van der Waals surface area contributed by atoms with Crippen LogP contribution in [0.15, 0.2) is 0 Å². The van der Waals surface area contributed by atoms with Crippen molar-refractivity contribution >= 4 is 0 Å². The van der Waals surface area contributed by atoms with Crippen LogP contribution >= 0.6 is 0 Å². The van der Waals surface area contributed by atoms with E-state index in [-0.39, 0.29) is 0 Å². The van der Waals surface area contributed by atoms with Crippen molar-refractivity contribution in [2.75, 3.05) is 33.7 Å². The molecular weight excluding hydrogens is 250 g/mol. The molecule has 0 radical (unpaired) electrons. The second-order valence-electron chi connectivity index (χ2n) is 7.37. The molecule has 0 aromatic rings. The molecule has 0 spiro atoms. The van der Waals surface area contributed by atoms with Gasteiger partial charge in [-0.1, -0.05) is 12.8 Å². The monoisotopic (exact) mass is 283 g/mol. The average molecular weight is 283 g/mol. The van der Waals surface area contributed by atoms with Crippen molar-refractivity contribution < 1.29 is 5.11 Å². The fraction of sp³-hybridized carbons (Fsp3) is 1.00. The van der Waals surface area contributed by atoms with Crippen LogP contribution in [0.1, 0.15) is 45.4 Å². The zero-order chi connectivity index (χ0) is 14.6. The lowest BCUT2D eigenvalue weighted by atomic mass is 9.88. The highest BCUT2D eigenvalue weighted by Gasteiger charge is 2.35. The minimum atomic E-state index is -0.642. The number of rotatable bonds is 6. The number of hydrogen-bond donors (Lipinski definition) is 3. The number of piperidine rings is 1. The minimum absolute atomic E-state index is 0.583. The van der Waals surface area contributed by atoms with Gasteiger partial charge < -0.3 is 20.6 Å². The Hall–Kier alpha value is -0.160. The molecule has 4 unspecified atom stereocenters. The van der Waals surface area contributed by atoms with E-state index in [9.17, 15) is 5.11 Å². The van der Waals surface area contributed by atoms with Crippen molar-refractivity contribution in [3.63, 3.8) is 0 Å². The van der Waals surface area contributed by atoms with Crippen LogP contribution in [0.2, 0.25) is 0 Å². The van der Waals surface area contributed by atoms with Gasteiger partial charge in [0.1, 0.15) is 0 Å². The van der Waals surface area contributed by atoms with Gasteiger partial charge in [-0.25, -0.2) is 0 Å². The molecular formula is C16H33N3O. The van der Waals surface area contributed by atoms with Crippen LogP contribution in [-0.2, 0) is 0 Å². The molecule has 4 nitrogen and oxygen atoms in total. The van der Waals surface area contributed by atoms with Gasteiger partial charge in [-0.05, 0) is 59.2 Å². The molecule has 0 bridgehead atoms. The molecule has 2 aliphatic rings. The van der Waals surface area contributed by atoms with Crippen molar-refractivity contribution in [1.82, 2.24) is 15.5 Å². The molecule has 0 amide bonds. The van der Waals surface area contributed by atoms with Gasteiger partial charge in [0.2, 0.25) is 0 Å². The molecule has 1 aliphatic heterocycles. The second kappa shape index (κ2) is 7.21. The van der Waals surface area contributed by atoms with Gasteiger partial charge in [0.05, 0.1) is 5.60 Å². The van der Waals surface area contributed by atoms with Gasteiger partial charge in [-0.2, -0.15) is 0 Å². The van der Waals surface area contributed by atoms with Crippen LogP contribution in [0, 0.1) is 5.92 Å². The fourth-order valence-electron chi connectivity index (χ4n) is 4.06. The fourth-order valence-corrected chi connectivity index (χ4v) is 4.06. The summed E-state index contributed by atoms with van der Waals surface area (Å²) >= 11 is 0. The van der Waals surface area contributed by atoms with Gasteiger partial charge in [0.25, 0.3) is 0 Å². The van der Waals surface area contributed by atoms with E-state index in [0.717, 1.165) is 5.92 Å². The Morgan fingerprint density at radius 2 is 2.00 bits per heavy atom. The van der Waals surface area contributed by atoms with E-state index in [1.165, 1.54) is 45.1 Å². The normalized spacial score (nSPS) is 34.4. The number of hydrogen-bond acceptors (Lipinski definition) is 4. The van der Waals surface area contributed by atoms with Crippen LogP contribution in [0.5, 0.6) is 0 Å². The molecule has 1 heterocycles. The van der Waals surface area contributed by atoms with Crippen molar-refractivity contribution in [2.24, 2.45) is 5.92 Å². The number of aliphatic hydroxyl groups is 1. The van der Waals surface area contributed by atoms with E-state index in [1.807, 2.05) is 21.0 Å². The predicted octanol–water partition coefficient (Wildman–Crippen LogP) is 1.20. The lowest BCUT2D eigenvalue weighted by Crippen LogP contribution is -2.52. The Morgan fingerprint density at radius 3 is 2.65 bits per heavy atom. The van der Waals surface area contributed by atoms with E-state index in [2.05, 4.69) is 15.5 Å². The average Bonchev–Trinajstić information content (AvgIpc) is 2.84. The molecule has 1 aliphatic carbocycles. The summed E-state index contributed by atoms with van der Waals surface area (Å²) < 4.78 is 0. The van der Waals surface area contributed by atoms with Crippen LogP contribution in [0.3, 0.4) is 0 Å². The molecule has 2 fully saturated rings. The maximum absolute atomic E-state index is 10.4. The molecule has 1 saturated heterocycles. The van der Waals surface area contributed by atoms with E-state index in [1.54, 1.807) is 0 Å². The Labute approximate surface area is 124 Å². The first-order valence-corrected chi connectivity index (χ1v) is 8.32. The minimum Gasteiger partial charge on any atom is -0.388 e. The molecule has 20 heavy (non-hydrogen) atoms. The first-order chi connectivity index (χ1) is 9.48. The molecule has 2 rings (SSSR count). The van der Waals surface area contributed by atoms with Crippen LogP contribution in [0.4, 0.5) is 0 Å². The van der Waals surface area contributed by atoms with E-state index >= 15 is 0 Å². The zero-order valence-corrected chi connectivity index (χ0v) is 13.5. The highest BCUT2D eigenvalue weighted by molar-refractivity contribution is 4.93. The molecule has 4 atom stereocenters. The van der Waals surface area contributed by atoms with Crippen molar-refractivity contribution in [1.29, 1.82) is 0 Å². The highest BCUT2D eigenvalue weighted by Crippen LogP contribution is 2.31. The topological polar surface area (TPSA) is 47.5 Å². The lowest BCUT2D eigenvalue weighted by molar-refractivity contribution is 0.0293. The zero-order valence-electron chi connectivity index (χ0n) is 13.5. The third kappa shape index (κ3) is 4.69. The SMILES string of the molecule is CN(C)CC(C)(O)CNC1CCCC1C1CCCCN1. The standard InChI is InChI=1S/C16H33N3O/c1-16(20,12-19(2)3)11-18-15-9-6-7-13(15)14-8-4-5-10-17-14/h13-15,17-18,20H,4-12H2,1-3H3. The van der Waals surface area contributed by atoms with Gasteiger partial charge in [-0.15, -0.1) is 0 Å². The summed E-state index contributed by atoms with van der Waals surface area (Å²) in [6.07, 6.45) is 7.97. The summed E-state index contributed by atoms with van der Waals surface area (Å²) in [5.74, 6) is 0.755. The van der Waals surface area contributed by atoms with Gasteiger partial charge >= 0.3 is 0 Å². The summed E-state index contributed by atoms with van der Waals surface area (Å²) in [7, 11) is 4.03. The molecule has 118 valence electrons. The van der Waals surface area contributed by atoms with E-state index in [4.69, 9.17) is 0 Å². The van der Waals surface area contributed by atoms with E-state index < -0.39 is 5.60 Å². The summed E-state index contributed by atoms with van der Waals surface area (Å²) in [6.45, 7) is 4.52. The number of likely N-dealkylation sites (N-methyl/N-ethyl adjacent to an activating group) is 1. The second-order valence-corrected chi connectivity index (χ2v) is 7.37. The largest absolute Gasteiger partial charge is 0.388 e. The van der Waals surface area contributed by atoms with Crippen molar-refractivity contribution in [2.45, 2.75) is 63.1 Å². The Kier molecular flexibility index (Phi) is 5.84. The van der Waals surface area contributed by atoms with Gasteiger partial charge in [0.15, 0.2) is 0 Å². The Bertz CT molecular complexity index is 287. The number of nitrogens with zero attached hydrogens (tertiary/aromatic N) is 1. The first kappa shape index (κ1) is 16.2. The first-order valence-electron chi connectivity index (χ1n) is 8.32. The molecule has 1 saturated carbocycles. The van der Waals surface area contributed by atoms with Crippen molar-refractivity contribution in [3.8, 4) is 0 Å². The van der Waals surface area contributed by atoms with E-state index in [0.29, 0.717) is 25.2 Å². The molecule has 0 aromatic carbocycles. The summed E-state index contributed by atoms with van der Waals surface area (Å²) in [5.41, 5.74) is -0.642. The molecule has 0 aromatic heterocycles. The van der Waals surface area contributed by atoms with Crippen LogP contribution in [-0.4, -0.2) is 61.4 Å². The smallest absolute Gasteiger partial charge is 0.0869 e. The van der Waals surface area contributed by atoms with Crippen LogP contribution < -0.4 is 10.6 Å². The Balaban J connectivity index is 1.81. The maximum atomic E-state index is 10.4. The quantitative estimate of drug-likeness (QED) is 0.685. The summed E-state index contributed by atoms with van der Waals surface area (Å²) in [6, 6.07) is 1.28. The summed E-state index contributed by atoms with van der Waals surface area (Å²) in [5, 5.41) is 17.8. The van der Waals surface area contributed by atoms with Crippen molar-refractivity contribution in [3.05, 3.63) is 0 Å². The van der Waals surface area contributed by atoms with Crippen LogP contribution in [0.25, 0.3) is 0 Å². The predicted molar refractivity (Wildman–Crippen MR) is 84.0 cm³/mol. The third-order valence-electron chi connectivity index (χ3n) is 4.84. The summed E-state index contributed by atoms with van der Waals surface area (Å²) in [4.78, 5) is 2.05. The Morgan fingerprint density at radius 1 is 1.20 bits per heavy atom. The van der Waals surface area contributed by atoms with Gasteiger partial charge in [0, 0.05) is 25.2 Å². The molecule has 4 heteroatoms. The van der Waals surface area contributed by atoms with Gasteiger partial charge in [-0.3, -0.25) is 0 Å². The molecule has 3 N–H and O–H groups in total. The third-order valence-corrected chi connectivity index (χ3v) is 4.84. The highest BCUT2D eigenvalue weighted by atomic mass is 16.3. The number of nitrogens with one attached hydrogen (secondary N) is 2. The lowest BCUT2D eigenvalue weighted by Gasteiger charge is -2.35. The maximum Gasteiger partial charge on any atom is 0.0869 e.